The number of aryl methyl sites for hydroxylation is 1. The molecule has 4 amide bonds. The van der Waals surface area contributed by atoms with Gasteiger partial charge in [0.15, 0.2) is 5.01 Å². The summed E-state index contributed by atoms with van der Waals surface area (Å²) in [6.07, 6.45) is 0.864. The fraction of sp³-hybridized carbons (Fsp3) is 0.458. The smallest absolute Gasteiger partial charge is 0.282 e. The van der Waals surface area contributed by atoms with Crippen LogP contribution in [0.4, 0.5) is 0 Å². The first kappa shape index (κ1) is 25.6. The molecule has 0 bridgehead atoms. The van der Waals surface area contributed by atoms with Crippen LogP contribution in [0.3, 0.4) is 0 Å². The number of hydrogen-bond acceptors (Lipinski definition) is 8. The number of primary amides is 1. The maximum atomic E-state index is 13.4. The van der Waals surface area contributed by atoms with Crippen molar-refractivity contribution in [3.05, 3.63) is 44.9 Å². The molecule has 4 rings (SSSR count). The summed E-state index contributed by atoms with van der Waals surface area (Å²) >= 11 is 0.932. The van der Waals surface area contributed by atoms with Crippen LogP contribution in [-0.2, 0) is 16.1 Å². The van der Waals surface area contributed by atoms with Crippen molar-refractivity contribution in [2.45, 2.75) is 32.9 Å². The molecule has 2 aliphatic rings. The molecule has 0 aliphatic carbocycles. The zero-order valence-electron chi connectivity index (χ0n) is 20.7. The SMILES string of the molecule is COc1ccc2c(c1)CN1CCCN1C(=O)[C@@H]2NC(=O)[C@H](C)CN(C)C(=O)c1nc(C)c(C(N)=O)s1. The second kappa shape index (κ2) is 10.2. The van der Waals surface area contributed by atoms with Crippen molar-refractivity contribution in [2.75, 3.05) is 33.8 Å². The number of carbonyl (C=O) groups is 4. The van der Waals surface area contributed by atoms with Crippen LogP contribution < -0.4 is 15.8 Å². The first-order valence-corrected chi connectivity index (χ1v) is 12.5. The molecular weight excluding hydrogens is 484 g/mol. The molecule has 11 nitrogen and oxygen atoms in total. The number of nitrogens with two attached hydrogens (primary N) is 1. The Bertz CT molecular complexity index is 1210. The number of fused-ring (bicyclic) bond motifs is 2. The van der Waals surface area contributed by atoms with Gasteiger partial charge in [0.2, 0.25) is 5.91 Å². The van der Waals surface area contributed by atoms with E-state index in [1.807, 2.05) is 17.1 Å². The molecule has 2 atom stereocenters. The van der Waals surface area contributed by atoms with Crippen LogP contribution in [-0.4, -0.2) is 77.3 Å². The average Bonchev–Trinajstić information content (AvgIpc) is 3.45. The molecule has 0 unspecified atom stereocenters. The van der Waals surface area contributed by atoms with E-state index in [0.717, 1.165) is 35.4 Å². The van der Waals surface area contributed by atoms with Crippen molar-refractivity contribution in [3.63, 3.8) is 0 Å². The number of nitrogens with zero attached hydrogens (tertiary/aromatic N) is 4. The minimum atomic E-state index is -0.843. The molecule has 2 aromatic rings. The predicted octanol–water partition coefficient (Wildman–Crippen LogP) is 1.09. The second-order valence-electron chi connectivity index (χ2n) is 9.09. The van der Waals surface area contributed by atoms with Crippen molar-refractivity contribution < 1.29 is 23.9 Å². The first-order chi connectivity index (χ1) is 17.1. The van der Waals surface area contributed by atoms with Gasteiger partial charge in [0, 0.05) is 33.2 Å². The van der Waals surface area contributed by atoms with Crippen LogP contribution in [0.2, 0.25) is 0 Å². The number of ether oxygens (including phenoxy) is 1. The normalized spacial score (nSPS) is 18.2. The van der Waals surface area contributed by atoms with Crippen molar-refractivity contribution in [2.24, 2.45) is 11.7 Å². The molecule has 12 heteroatoms. The van der Waals surface area contributed by atoms with E-state index >= 15 is 0 Å². The van der Waals surface area contributed by atoms with Gasteiger partial charge in [-0.25, -0.2) is 9.99 Å². The van der Waals surface area contributed by atoms with Gasteiger partial charge in [-0.2, -0.15) is 0 Å². The van der Waals surface area contributed by atoms with Crippen LogP contribution in [0.5, 0.6) is 5.75 Å². The highest BCUT2D eigenvalue weighted by Gasteiger charge is 2.39. The highest BCUT2D eigenvalue weighted by Crippen LogP contribution is 2.32. The Labute approximate surface area is 213 Å². The van der Waals surface area contributed by atoms with E-state index in [-0.39, 0.29) is 28.2 Å². The zero-order chi connectivity index (χ0) is 26.1. The minimum absolute atomic E-state index is 0.0986. The molecule has 3 heterocycles. The number of nitrogens with one attached hydrogen (secondary N) is 1. The third kappa shape index (κ3) is 4.91. The summed E-state index contributed by atoms with van der Waals surface area (Å²) in [6.45, 7) is 5.32. The summed E-state index contributed by atoms with van der Waals surface area (Å²) in [5, 5.41) is 6.76. The number of thiazole rings is 1. The Morgan fingerprint density at radius 1 is 1.33 bits per heavy atom. The standard InChI is InChI=1S/C24H30N6O5S/c1-13(11-28(3)24(34)22-26-14(2)19(36-22)20(25)31)21(32)27-18-17-7-6-16(35-4)10-15(17)12-29-8-5-9-30(29)23(18)33/h6-7,10,13,18H,5,8-9,11-12H2,1-4H3,(H2,25,31)(H,27,32)/t13-,18-/m1/s1. The second-order valence-corrected chi connectivity index (χ2v) is 10.1. The molecule has 1 aromatic carbocycles. The van der Waals surface area contributed by atoms with Crippen molar-refractivity contribution >= 4 is 35.0 Å². The molecule has 1 fully saturated rings. The maximum Gasteiger partial charge on any atom is 0.282 e. The molecule has 3 N–H and O–H groups in total. The summed E-state index contributed by atoms with van der Waals surface area (Å²) in [5.74, 6) is -1.51. The van der Waals surface area contributed by atoms with Gasteiger partial charge < -0.3 is 20.7 Å². The van der Waals surface area contributed by atoms with Crippen molar-refractivity contribution in [1.82, 2.24) is 25.2 Å². The highest BCUT2D eigenvalue weighted by atomic mass is 32.1. The van der Waals surface area contributed by atoms with Gasteiger partial charge in [-0.05, 0) is 36.6 Å². The van der Waals surface area contributed by atoms with E-state index < -0.39 is 23.8 Å². The molecule has 36 heavy (non-hydrogen) atoms. The van der Waals surface area contributed by atoms with Crippen LogP contribution in [0.15, 0.2) is 18.2 Å². The van der Waals surface area contributed by atoms with E-state index in [4.69, 9.17) is 10.5 Å². The molecule has 1 saturated heterocycles. The maximum absolute atomic E-state index is 13.4. The van der Waals surface area contributed by atoms with Gasteiger partial charge in [-0.15, -0.1) is 11.3 Å². The van der Waals surface area contributed by atoms with Crippen molar-refractivity contribution in [3.8, 4) is 5.75 Å². The highest BCUT2D eigenvalue weighted by molar-refractivity contribution is 7.15. The number of benzene rings is 1. The molecule has 1 aromatic heterocycles. The van der Waals surface area contributed by atoms with E-state index in [9.17, 15) is 19.2 Å². The number of rotatable bonds is 7. The summed E-state index contributed by atoms with van der Waals surface area (Å²) in [7, 11) is 3.15. The fourth-order valence-electron chi connectivity index (χ4n) is 4.57. The lowest BCUT2D eigenvalue weighted by atomic mass is 9.98. The van der Waals surface area contributed by atoms with Crippen LogP contribution in [0, 0.1) is 12.8 Å². The Morgan fingerprint density at radius 3 is 2.75 bits per heavy atom. The zero-order valence-corrected chi connectivity index (χ0v) is 21.6. The Morgan fingerprint density at radius 2 is 2.08 bits per heavy atom. The minimum Gasteiger partial charge on any atom is -0.497 e. The first-order valence-electron chi connectivity index (χ1n) is 11.7. The van der Waals surface area contributed by atoms with Crippen molar-refractivity contribution in [1.29, 1.82) is 0 Å². The van der Waals surface area contributed by atoms with Gasteiger partial charge in [0.1, 0.15) is 16.7 Å². The Kier molecular flexibility index (Phi) is 7.27. The summed E-state index contributed by atoms with van der Waals surface area (Å²) < 4.78 is 5.37. The lowest BCUT2D eigenvalue weighted by Gasteiger charge is -2.28. The van der Waals surface area contributed by atoms with Crippen LogP contribution >= 0.6 is 11.3 Å². The molecule has 2 aliphatic heterocycles. The Hall–Kier alpha value is -3.51. The third-order valence-electron chi connectivity index (χ3n) is 6.47. The van der Waals surface area contributed by atoms with E-state index in [0.29, 0.717) is 24.5 Å². The Balaban J connectivity index is 1.49. The van der Waals surface area contributed by atoms with Gasteiger partial charge in [-0.1, -0.05) is 13.0 Å². The van der Waals surface area contributed by atoms with Gasteiger partial charge in [0.05, 0.1) is 18.7 Å². The summed E-state index contributed by atoms with van der Waals surface area (Å²) in [6, 6.07) is 4.66. The lowest BCUT2D eigenvalue weighted by molar-refractivity contribution is -0.148. The van der Waals surface area contributed by atoms with Crippen LogP contribution in [0.1, 0.15) is 55.7 Å². The van der Waals surface area contributed by atoms with E-state index in [1.54, 1.807) is 39.1 Å². The quantitative estimate of drug-likeness (QED) is 0.564. The largest absolute Gasteiger partial charge is 0.497 e. The van der Waals surface area contributed by atoms with Crippen LogP contribution in [0.25, 0.3) is 0 Å². The number of hydrazine groups is 1. The molecule has 192 valence electrons. The topological polar surface area (TPSA) is 138 Å². The number of methoxy groups -OCH3 is 1. The number of hydrogen-bond donors (Lipinski definition) is 2. The summed E-state index contributed by atoms with van der Waals surface area (Å²) in [4.78, 5) is 56.7. The van der Waals surface area contributed by atoms with Gasteiger partial charge in [-0.3, -0.25) is 24.2 Å². The average molecular weight is 515 g/mol. The van der Waals surface area contributed by atoms with E-state index in [2.05, 4.69) is 10.3 Å². The third-order valence-corrected chi connectivity index (χ3v) is 7.63. The fourth-order valence-corrected chi connectivity index (χ4v) is 5.48. The van der Waals surface area contributed by atoms with E-state index in [1.165, 1.54) is 4.90 Å². The van der Waals surface area contributed by atoms with Gasteiger partial charge in [0.25, 0.3) is 17.7 Å². The molecule has 0 spiro atoms. The molecule has 0 saturated carbocycles. The summed E-state index contributed by atoms with van der Waals surface area (Å²) in [5.41, 5.74) is 7.38. The molecular formula is C24H30N6O5S. The number of aromatic nitrogens is 1. The number of amides is 4. The number of carbonyl (C=O) groups excluding carboxylic acids is 4. The monoisotopic (exact) mass is 514 g/mol. The predicted molar refractivity (Wildman–Crippen MR) is 132 cm³/mol. The molecule has 0 radical (unpaired) electrons. The van der Waals surface area contributed by atoms with Gasteiger partial charge >= 0.3 is 0 Å². The lowest BCUT2D eigenvalue weighted by Crippen LogP contribution is -2.47.